The number of hydrazone groups is 1. The van der Waals surface area contributed by atoms with Crippen LogP contribution in [0.2, 0.25) is 15.1 Å². The van der Waals surface area contributed by atoms with Crippen molar-refractivity contribution < 1.29 is 14.3 Å². The van der Waals surface area contributed by atoms with E-state index in [1.807, 2.05) is 0 Å². The number of carbonyl (C=O) groups excluding carboxylic acids is 2. The summed E-state index contributed by atoms with van der Waals surface area (Å²) in [4.78, 5) is 23.7. The molecule has 0 saturated carbocycles. The Morgan fingerprint density at radius 1 is 0.875 bits per heavy atom. The Labute approximate surface area is 200 Å². The Morgan fingerprint density at radius 2 is 1.56 bits per heavy atom. The number of nitrogens with zero attached hydrogens (tertiary/aromatic N) is 1. The molecule has 3 aromatic rings. The third-order valence-electron chi connectivity index (χ3n) is 4.24. The van der Waals surface area contributed by atoms with Gasteiger partial charge < -0.3 is 10.1 Å². The van der Waals surface area contributed by atoms with Crippen LogP contribution < -0.4 is 15.5 Å². The van der Waals surface area contributed by atoms with Gasteiger partial charge in [0, 0.05) is 27.2 Å². The summed E-state index contributed by atoms with van der Waals surface area (Å²) in [6.45, 7) is 0.500. The molecule has 3 rings (SSSR count). The first-order valence-electron chi connectivity index (χ1n) is 9.43. The molecule has 0 fully saturated rings. The fourth-order valence-electron chi connectivity index (χ4n) is 2.53. The summed E-state index contributed by atoms with van der Waals surface area (Å²) >= 11 is 17.8. The first kappa shape index (κ1) is 23.6. The van der Waals surface area contributed by atoms with Crippen molar-refractivity contribution in [1.29, 1.82) is 0 Å². The summed E-state index contributed by atoms with van der Waals surface area (Å²) in [5, 5.41) is 8.00. The summed E-state index contributed by atoms with van der Waals surface area (Å²) in [6, 6.07) is 19.2. The van der Waals surface area contributed by atoms with Gasteiger partial charge in [-0.3, -0.25) is 9.59 Å². The zero-order chi connectivity index (χ0) is 22.9. The summed E-state index contributed by atoms with van der Waals surface area (Å²) in [5.74, 6) is -1.02. The van der Waals surface area contributed by atoms with Gasteiger partial charge in [-0.05, 0) is 59.7 Å². The summed E-state index contributed by atoms with van der Waals surface area (Å²) in [6.07, 6.45) is 1.42. The lowest BCUT2D eigenvalue weighted by Gasteiger charge is -2.08. The van der Waals surface area contributed by atoms with Gasteiger partial charge in [0.1, 0.15) is 12.4 Å². The van der Waals surface area contributed by atoms with Crippen molar-refractivity contribution in [2.75, 3.05) is 0 Å². The predicted octanol–water partition coefficient (Wildman–Crippen LogP) is 4.99. The molecule has 0 heterocycles. The average Bonchev–Trinajstić information content (AvgIpc) is 2.78. The van der Waals surface area contributed by atoms with E-state index in [0.29, 0.717) is 33.0 Å². The lowest BCUT2D eigenvalue weighted by atomic mass is 10.2. The van der Waals surface area contributed by atoms with Crippen LogP contribution in [0.5, 0.6) is 5.75 Å². The fraction of sp³-hybridized carbons (Fsp3) is 0.0870. The highest BCUT2D eigenvalue weighted by Gasteiger charge is 2.11. The zero-order valence-electron chi connectivity index (χ0n) is 16.6. The SMILES string of the molecule is O=C(NCc1ccc(Cl)cc1)C(=O)N/N=C\c1ccc(OCc2ccc(Cl)cc2Cl)cc1. The van der Waals surface area contributed by atoms with E-state index < -0.39 is 11.8 Å². The molecular weight excluding hydrogens is 473 g/mol. The van der Waals surface area contributed by atoms with Crippen LogP contribution in [-0.4, -0.2) is 18.0 Å². The first-order valence-corrected chi connectivity index (χ1v) is 10.6. The number of amides is 2. The monoisotopic (exact) mass is 489 g/mol. The van der Waals surface area contributed by atoms with E-state index in [9.17, 15) is 9.59 Å². The van der Waals surface area contributed by atoms with Gasteiger partial charge >= 0.3 is 11.8 Å². The Bertz CT molecular complexity index is 1120. The second kappa shape index (κ2) is 11.5. The van der Waals surface area contributed by atoms with Crippen LogP contribution in [0.1, 0.15) is 16.7 Å². The Morgan fingerprint density at radius 3 is 2.25 bits per heavy atom. The lowest BCUT2D eigenvalue weighted by Crippen LogP contribution is -2.37. The van der Waals surface area contributed by atoms with E-state index in [1.165, 1.54) is 6.21 Å². The number of rotatable bonds is 7. The van der Waals surface area contributed by atoms with Crippen molar-refractivity contribution in [3.63, 3.8) is 0 Å². The van der Waals surface area contributed by atoms with E-state index in [0.717, 1.165) is 11.1 Å². The highest BCUT2D eigenvalue weighted by atomic mass is 35.5. The maximum Gasteiger partial charge on any atom is 0.329 e. The second-order valence-corrected chi connectivity index (χ2v) is 7.88. The van der Waals surface area contributed by atoms with Gasteiger partial charge in [0.25, 0.3) is 0 Å². The maximum absolute atomic E-state index is 11.8. The largest absolute Gasteiger partial charge is 0.489 e. The molecule has 2 N–H and O–H groups in total. The fourth-order valence-corrected chi connectivity index (χ4v) is 3.12. The lowest BCUT2D eigenvalue weighted by molar-refractivity contribution is -0.139. The van der Waals surface area contributed by atoms with Crippen molar-refractivity contribution >= 4 is 52.8 Å². The number of halogens is 3. The molecule has 2 amide bonds. The minimum Gasteiger partial charge on any atom is -0.489 e. The highest BCUT2D eigenvalue weighted by Crippen LogP contribution is 2.22. The average molecular weight is 491 g/mol. The molecule has 0 radical (unpaired) electrons. The summed E-state index contributed by atoms with van der Waals surface area (Å²) in [7, 11) is 0. The van der Waals surface area contributed by atoms with Crippen molar-refractivity contribution in [3.8, 4) is 5.75 Å². The van der Waals surface area contributed by atoms with Crippen molar-refractivity contribution in [2.45, 2.75) is 13.2 Å². The van der Waals surface area contributed by atoms with Crippen molar-refractivity contribution in [3.05, 3.63) is 98.5 Å². The van der Waals surface area contributed by atoms with Crippen LogP contribution in [0.4, 0.5) is 0 Å². The van der Waals surface area contributed by atoms with Gasteiger partial charge in [-0.1, -0.05) is 53.0 Å². The molecular formula is C23H18Cl3N3O3. The molecule has 3 aromatic carbocycles. The van der Waals surface area contributed by atoms with Gasteiger partial charge in [-0.15, -0.1) is 0 Å². The third-order valence-corrected chi connectivity index (χ3v) is 5.08. The molecule has 0 atom stereocenters. The number of carbonyl (C=O) groups is 2. The first-order chi connectivity index (χ1) is 15.4. The Kier molecular flexibility index (Phi) is 8.50. The van der Waals surface area contributed by atoms with Crippen LogP contribution in [0.25, 0.3) is 0 Å². The topological polar surface area (TPSA) is 79.8 Å². The molecule has 0 unspecified atom stereocenters. The molecule has 32 heavy (non-hydrogen) atoms. The molecule has 6 nitrogen and oxygen atoms in total. The number of hydrogen-bond donors (Lipinski definition) is 2. The minimum atomic E-state index is -0.866. The van der Waals surface area contributed by atoms with Crippen LogP contribution in [0.15, 0.2) is 71.8 Å². The normalized spacial score (nSPS) is 10.7. The van der Waals surface area contributed by atoms with Gasteiger partial charge in [-0.25, -0.2) is 5.43 Å². The standard InChI is InChI=1S/C23H18Cl3N3O3/c24-18-6-1-15(2-7-18)12-27-22(30)23(31)29-28-13-16-3-9-20(10-4-16)32-14-17-5-8-19(25)11-21(17)26/h1-11,13H,12,14H2,(H,27,30)(H,29,31)/b28-13-. The van der Waals surface area contributed by atoms with Crippen LogP contribution in [-0.2, 0) is 22.7 Å². The maximum atomic E-state index is 11.8. The number of nitrogens with one attached hydrogen (secondary N) is 2. The molecule has 0 aliphatic carbocycles. The molecule has 0 aliphatic rings. The zero-order valence-corrected chi connectivity index (χ0v) is 18.9. The molecule has 0 bridgehead atoms. The Balaban J connectivity index is 1.44. The number of hydrogen-bond acceptors (Lipinski definition) is 4. The van der Waals surface area contributed by atoms with Crippen LogP contribution in [0.3, 0.4) is 0 Å². The molecule has 9 heteroatoms. The van der Waals surface area contributed by atoms with Crippen LogP contribution in [0, 0.1) is 0 Å². The van der Waals surface area contributed by atoms with E-state index in [-0.39, 0.29) is 6.54 Å². The van der Waals surface area contributed by atoms with Crippen molar-refractivity contribution in [1.82, 2.24) is 10.7 Å². The highest BCUT2D eigenvalue weighted by molar-refractivity contribution is 6.35. The summed E-state index contributed by atoms with van der Waals surface area (Å²) < 4.78 is 5.71. The summed E-state index contributed by atoms with van der Waals surface area (Å²) in [5.41, 5.74) is 4.54. The predicted molar refractivity (Wildman–Crippen MR) is 126 cm³/mol. The van der Waals surface area contributed by atoms with Crippen molar-refractivity contribution in [2.24, 2.45) is 5.10 Å². The van der Waals surface area contributed by atoms with E-state index in [1.54, 1.807) is 66.7 Å². The Hall–Kier alpha value is -3.06. The third kappa shape index (κ3) is 7.27. The van der Waals surface area contributed by atoms with Gasteiger partial charge in [0.05, 0.1) is 6.21 Å². The second-order valence-electron chi connectivity index (χ2n) is 6.60. The smallest absolute Gasteiger partial charge is 0.329 e. The van der Waals surface area contributed by atoms with E-state index in [4.69, 9.17) is 39.5 Å². The van der Waals surface area contributed by atoms with Crippen LogP contribution >= 0.6 is 34.8 Å². The quantitative estimate of drug-likeness (QED) is 0.278. The van der Waals surface area contributed by atoms with Gasteiger partial charge in [-0.2, -0.15) is 5.10 Å². The molecule has 0 saturated heterocycles. The van der Waals surface area contributed by atoms with Gasteiger partial charge in [0.2, 0.25) is 0 Å². The molecule has 0 aromatic heterocycles. The van der Waals surface area contributed by atoms with Gasteiger partial charge in [0.15, 0.2) is 0 Å². The van der Waals surface area contributed by atoms with E-state index >= 15 is 0 Å². The molecule has 164 valence electrons. The number of ether oxygens (including phenoxy) is 1. The van der Waals surface area contributed by atoms with E-state index in [2.05, 4.69) is 15.8 Å². The molecule has 0 aliphatic heterocycles. The molecule has 0 spiro atoms. The minimum absolute atomic E-state index is 0.204. The number of benzene rings is 3.